The Balaban J connectivity index is 1.82. The van der Waals surface area contributed by atoms with Crippen LogP contribution in [0.3, 0.4) is 0 Å². The molecule has 2 aromatic heterocycles. The van der Waals surface area contributed by atoms with E-state index in [0.717, 1.165) is 23.4 Å². The normalized spacial score (nSPS) is 10.7. The highest BCUT2D eigenvalue weighted by Crippen LogP contribution is 2.23. The van der Waals surface area contributed by atoms with Crippen LogP contribution in [0.5, 0.6) is 0 Å². The van der Waals surface area contributed by atoms with Crippen molar-refractivity contribution in [3.63, 3.8) is 0 Å². The van der Waals surface area contributed by atoms with E-state index in [2.05, 4.69) is 16.5 Å². The Bertz CT molecular complexity index is 778. The molecule has 3 rings (SSSR count). The van der Waals surface area contributed by atoms with E-state index in [1.165, 1.54) is 0 Å². The maximum atomic E-state index is 12.7. The molecule has 3 aromatic rings. The monoisotopic (exact) mass is 325 g/mol. The van der Waals surface area contributed by atoms with Crippen molar-refractivity contribution in [1.29, 1.82) is 0 Å². The van der Waals surface area contributed by atoms with Gasteiger partial charge in [0.15, 0.2) is 5.69 Å². The predicted octanol–water partition coefficient (Wildman–Crippen LogP) is 3.90. The minimum atomic E-state index is -0.0578. The molecule has 0 fully saturated rings. The third-order valence-electron chi connectivity index (χ3n) is 3.72. The van der Waals surface area contributed by atoms with E-state index in [1.54, 1.807) is 16.2 Å². The molecular formula is C18H19N3OS. The van der Waals surface area contributed by atoms with Gasteiger partial charge in [-0.05, 0) is 30.0 Å². The number of carbonyl (C=O) groups excluding carboxylic acids is 1. The molecule has 0 saturated heterocycles. The van der Waals surface area contributed by atoms with Gasteiger partial charge in [-0.1, -0.05) is 30.3 Å². The molecule has 1 aromatic carbocycles. The van der Waals surface area contributed by atoms with Crippen molar-refractivity contribution < 1.29 is 4.79 Å². The predicted molar refractivity (Wildman–Crippen MR) is 93.5 cm³/mol. The molecule has 5 heteroatoms. The van der Waals surface area contributed by atoms with Crippen LogP contribution in [-0.2, 0) is 13.1 Å². The van der Waals surface area contributed by atoms with Crippen molar-refractivity contribution in [1.82, 2.24) is 14.7 Å². The Morgan fingerprint density at radius 2 is 2.04 bits per heavy atom. The van der Waals surface area contributed by atoms with Gasteiger partial charge in [0.1, 0.15) is 0 Å². The summed E-state index contributed by atoms with van der Waals surface area (Å²) >= 11 is 1.64. The lowest BCUT2D eigenvalue weighted by Crippen LogP contribution is -2.26. The molecule has 0 atom stereocenters. The quantitative estimate of drug-likeness (QED) is 0.713. The summed E-state index contributed by atoms with van der Waals surface area (Å²) in [6, 6.07) is 13.9. The molecule has 0 radical (unpaired) electrons. The Hall–Kier alpha value is -2.40. The highest BCUT2D eigenvalue weighted by atomic mass is 32.1. The van der Waals surface area contributed by atoms with Crippen LogP contribution in [0.4, 0.5) is 0 Å². The van der Waals surface area contributed by atoms with Crippen molar-refractivity contribution >= 4 is 17.2 Å². The molecule has 4 nitrogen and oxygen atoms in total. The number of nitrogens with zero attached hydrogens (tertiary/aromatic N) is 3. The molecule has 0 aliphatic rings. The minimum absolute atomic E-state index is 0.0578. The van der Waals surface area contributed by atoms with E-state index in [9.17, 15) is 4.79 Å². The zero-order valence-electron chi connectivity index (χ0n) is 13.3. The summed E-state index contributed by atoms with van der Waals surface area (Å²) in [6.07, 6.45) is 0. The van der Waals surface area contributed by atoms with Gasteiger partial charge in [0.2, 0.25) is 0 Å². The van der Waals surface area contributed by atoms with Crippen LogP contribution < -0.4 is 0 Å². The van der Waals surface area contributed by atoms with Crippen LogP contribution in [0.25, 0.3) is 11.3 Å². The van der Waals surface area contributed by atoms with E-state index >= 15 is 0 Å². The molecule has 23 heavy (non-hydrogen) atoms. The molecule has 0 spiro atoms. The first-order valence-electron chi connectivity index (χ1n) is 7.59. The summed E-state index contributed by atoms with van der Waals surface area (Å²) in [6.45, 7) is 3.35. The minimum Gasteiger partial charge on any atom is -0.336 e. The number of aromatic nitrogens is 2. The zero-order valence-corrected chi connectivity index (χ0v) is 14.1. The van der Waals surface area contributed by atoms with Gasteiger partial charge in [-0.3, -0.25) is 9.48 Å². The lowest BCUT2D eigenvalue weighted by atomic mass is 10.2. The highest BCUT2D eigenvalue weighted by Gasteiger charge is 2.18. The second-order valence-electron chi connectivity index (χ2n) is 5.39. The molecule has 0 saturated carbocycles. The van der Waals surface area contributed by atoms with Crippen molar-refractivity contribution in [2.45, 2.75) is 20.0 Å². The maximum absolute atomic E-state index is 12.7. The smallest absolute Gasteiger partial charge is 0.274 e. The van der Waals surface area contributed by atoms with Gasteiger partial charge in [-0.25, -0.2) is 0 Å². The summed E-state index contributed by atoms with van der Waals surface area (Å²) in [5.41, 5.74) is 3.70. The average Bonchev–Trinajstić information content (AvgIpc) is 3.24. The largest absolute Gasteiger partial charge is 0.336 e. The van der Waals surface area contributed by atoms with Gasteiger partial charge in [0.05, 0.1) is 5.69 Å². The second kappa shape index (κ2) is 6.79. The Labute approximate surface area is 140 Å². The van der Waals surface area contributed by atoms with Gasteiger partial charge in [-0.2, -0.15) is 16.4 Å². The van der Waals surface area contributed by atoms with Crippen LogP contribution >= 0.6 is 11.3 Å². The number of aryl methyl sites for hydroxylation is 1. The first kappa shape index (κ1) is 15.5. The van der Waals surface area contributed by atoms with Crippen LogP contribution in [0.2, 0.25) is 0 Å². The number of carbonyl (C=O) groups is 1. The maximum Gasteiger partial charge on any atom is 0.274 e. The van der Waals surface area contributed by atoms with Crippen LogP contribution in [0, 0.1) is 0 Å². The Morgan fingerprint density at radius 3 is 2.70 bits per heavy atom. The van der Waals surface area contributed by atoms with Gasteiger partial charge in [-0.15, -0.1) is 0 Å². The number of benzene rings is 1. The molecule has 1 amide bonds. The molecule has 0 unspecified atom stereocenters. The third kappa shape index (κ3) is 3.35. The first-order chi connectivity index (χ1) is 11.2. The van der Waals surface area contributed by atoms with E-state index in [-0.39, 0.29) is 5.91 Å². The van der Waals surface area contributed by atoms with Crippen LogP contribution in [0.15, 0.2) is 53.2 Å². The number of hydrogen-bond donors (Lipinski definition) is 0. The lowest BCUT2D eigenvalue weighted by molar-refractivity contribution is 0.0778. The topological polar surface area (TPSA) is 38.1 Å². The summed E-state index contributed by atoms with van der Waals surface area (Å²) in [5, 5.41) is 8.58. The number of thiophene rings is 1. The van der Waals surface area contributed by atoms with Crippen molar-refractivity contribution in [3.8, 4) is 11.3 Å². The summed E-state index contributed by atoms with van der Waals surface area (Å²) in [5.74, 6) is -0.0578. The van der Waals surface area contributed by atoms with Gasteiger partial charge >= 0.3 is 0 Å². The summed E-state index contributed by atoms with van der Waals surface area (Å²) in [7, 11) is 1.81. The number of hydrogen-bond acceptors (Lipinski definition) is 3. The summed E-state index contributed by atoms with van der Waals surface area (Å²) < 4.78 is 1.88. The molecule has 0 aliphatic heterocycles. The molecule has 118 valence electrons. The Kier molecular flexibility index (Phi) is 4.57. The SMILES string of the molecule is CCn1nc(C(=O)N(C)Cc2ccccc2)cc1-c1ccsc1. The number of rotatable bonds is 5. The molecule has 2 heterocycles. The van der Waals surface area contributed by atoms with Gasteiger partial charge in [0.25, 0.3) is 5.91 Å². The van der Waals surface area contributed by atoms with E-state index < -0.39 is 0 Å². The van der Waals surface area contributed by atoms with E-state index in [0.29, 0.717) is 12.2 Å². The molecule has 0 N–H and O–H groups in total. The standard InChI is InChI=1S/C18H19N3OS/c1-3-21-17(15-9-10-23-13-15)11-16(19-21)18(22)20(2)12-14-7-5-4-6-8-14/h4-11,13H,3,12H2,1-2H3. The Morgan fingerprint density at radius 1 is 1.26 bits per heavy atom. The van der Waals surface area contributed by atoms with E-state index in [4.69, 9.17) is 0 Å². The molecular weight excluding hydrogens is 306 g/mol. The fourth-order valence-electron chi connectivity index (χ4n) is 2.53. The fourth-order valence-corrected chi connectivity index (χ4v) is 3.18. The lowest BCUT2D eigenvalue weighted by Gasteiger charge is -2.15. The van der Waals surface area contributed by atoms with Gasteiger partial charge < -0.3 is 4.90 Å². The molecule has 0 bridgehead atoms. The van der Waals surface area contributed by atoms with Crippen LogP contribution in [0.1, 0.15) is 23.0 Å². The van der Waals surface area contributed by atoms with Crippen molar-refractivity contribution in [2.24, 2.45) is 0 Å². The number of amides is 1. The second-order valence-corrected chi connectivity index (χ2v) is 6.17. The first-order valence-corrected chi connectivity index (χ1v) is 8.53. The van der Waals surface area contributed by atoms with Crippen molar-refractivity contribution in [2.75, 3.05) is 7.05 Å². The average molecular weight is 325 g/mol. The molecule has 0 aliphatic carbocycles. The zero-order chi connectivity index (χ0) is 16.2. The highest BCUT2D eigenvalue weighted by molar-refractivity contribution is 7.08. The summed E-state index contributed by atoms with van der Waals surface area (Å²) in [4.78, 5) is 14.4. The van der Waals surface area contributed by atoms with E-state index in [1.807, 2.05) is 60.4 Å². The van der Waals surface area contributed by atoms with Crippen molar-refractivity contribution in [3.05, 3.63) is 64.5 Å². The van der Waals surface area contributed by atoms with Gasteiger partial charge in [0, 0.05) is 31.1 Å². The van der Waals surface area contributed by atoms with Crippen LogP contribution in [-0.4, -0.2) is 27.6 Å². The third-order valence-corrected chi connectivity index (χ3v) is 4.41. The fraction of sp³-hybridized carbons (Fsp3) is 0.222.